The van der Waals surface area contributed by atoms with E-state index >= 15 is 0 Å². The Bertz CT molecular complexity index is 1350. The predicted octanol–water partition coefficient (Wildman–Crippen LogP) is 3.51. The average Bonchev–Trinajstić information content (AvgIpc) is 3.35. The van der Waals surface area contributed by atoms with Crippen molar-refractivity contribution in [3.63, 3.8) is 0 Å². The summed E-state index contributed by atoms with van der Waals surface area (Å²) in [5.74, 6) is 0.359. The SMILES string of the molecule is C[C@]1(N)CCN([C@@H](c2ccc3nnc(-c4ccc5ccc(CCO)cc5n4)n3c2)C(F)(F)F)C1. The van der Waals surface area contributed by atoms with Crippen LogP contribution in [0.1, 0.15) is 30.5 Å². The second-order valence-corrected chi connectivity index (χ2v) is 9.23. The summed E-state index contributed by atoms with van der Waals surface area (Å²) < 4.78 is 44.1. The molecule has 3 aromatic heterocycles. The highest BCUT2D eigenvalue weighted by atomic mass is 19.4. The van der Waals surface area contributed by atoms with Crippen LogP contribution < -0.4 is 5.73 Å². The molecular formula is C24H25F3N6O. The number of hydrogen-bond acceptors (Lipinski definition) is 6. The van der Waals surface area contributed by atoms with E-state index in [4.69, 9.17) is 5.73 Å². The molecule has 4 heterocycles. The first kappa shape index (κ1) is 22.7. The van der Waals surface area contributed by atoms with Gasteiger partial charge in [-0.05, 0) is 49.1 Å². The van der Waals surface area contributed by atoms with Crippen LogP contribution in [0.3, 0.4) is 0 Å². The predicted molar refractivity (Wildman–Crippen MR) is 122 cm³/mol. The molecule has 1 fully saturated rings. The molecule has 1 aliphatic rings. The lowest BCUT2D eigenvalue weighted by atomic mass is 10.0. The molecule has 3 N–H and O–H groups in total. The molecule has 2 atom stereocenters. The Labute approximate surface area is 194 Å². The van der Waals surface area contributed by atoms with E-state index < -0.39 is 17.8 Å². The summed E-state index contributed by atoms with van der Waals surface area (Å²) in [6.45, 7) is 2.24. The minimum absolute atomic E-state index is 0.0312. The maximum atomic E-state index is 14.2. The van der Waals surface area contributed by atoms with Crippen LogP contribution in [0, 0.1) is 0 Å². The van der Waals surface area contributed by atoms with Crippen LogP contribution >= 0.6 is 0 Å². The van der Waals surface area contributed by atoms with Crippen LogP contribution in [0.4, 0.5) is 13.2 Å². The standard InChI is InChI=1S/C24H25F3N6O/c1-23(28)9-10-32(14-23)21(24(25,26)27)17-5-7-20-30-31-22(33(20)13-17)18-6-4-16-3-2-15(8-11-34)12-19(16)29-18/h2-7,12-13,21,34H,8-11,14,28H2,1H3/t21-,23-/m0/s1. The van der Waals surface area contributed by atoms with Crippen molar-refractivity contribution in [1.82, 2.24) is 24.5 Å². The van der Waals surface area contributed by atoms with Gasteiger partial charge in [0.1, 0.15) is 11.7 Å². The Morgan fingerprint density at radius 3 is 2.65 bits per heavy atom. The van der Waals surface area contributed by atoms with Crippen molar-refractivity contribution in [1.29, 1.82) is 0 Å². The van der Waals surface area contributed by atoms with E-state index in [1.807, 2.05) is 24.3 Å². The summed E-state index contributed by atoms with van der Waals surface area (Å²) in [6, 6.07) is 10.6. The number of aromatic nitrogens is 4. The number of pyridine rings is 2. The molecule has 34 heavy (non-hydrogen) atoms. The van der Waals surface area contributed by atoms with Gasteiger partial charge >= 0.3 is 6.18 Å². The third-order valence-corrected chi connectivity index (χ3v) is 6.34. The molecule has 1 aromatic carbocycles. The van der Waals surface area contributed by atoms with Crippen molar-refractivity contribution in [3.8, 4) is 11.5 Å². The minimum Gasteiger partial charge on any atom is -0.396 e. The normalized spacial score (nSPS) is 20.4. The number of benzene rings is 1. The third-order valence-electron chi connectivity index (χ3n) is 6.34. The highest BCUT2D eigenvalue weighted by Crippen LogP contribution is 2.40. The summed E-state index contributed by atoms with van der Waals surface area (Å²) in [5.41, 5.74) is 8.15. The summed E-state index contributed by atoms with van der Waals surface area (Å²) in [6.07, 6.45) is -2.01. The maximum Gasteiger partial charge on any atom is 0.408 e. The number of rotatable bonds is 5. The molecule has 0 bridgehead atoms. The molecule has 5 rings (SSSR count). The second-order valence-electron chi connectivity index (χ2n) is 9.23. The highest BCUT2D eigenvalue weighted by Gasteiger charge is 2.48. The Hall–Kier alpha value is -3.08. The number of hydrogen-bond donors (Lipinski definition) is 2. The van der Waals surface area contributed by atoms with Gasteiger partial charge in [0, 0.05) is 36.8 Å². The zero-order valence-electron chi connectivity index (χ0n) is 18.6. The smallest absolute Gasteiger partial charge is 0.396 e. The summed E-state index contributed by atoms with van der Waals surface area (Å²) in [4.78, 5) is 6.07. The molecule has 0 unspecified atom stereocenters. The number of nitrogens with zero attached hydrogens (tertiary/aromatic N) is 5. The molecule has 0 spiro atoms. The lowest BCUT2D eigenvalue weighted by Gasteiger charge is -2.31. The lowest BCUT2D eigenvalue weighted by Crippen LogP contribution is -2.43. The monoisotopic (exact) mass is 470 g/mol. The van der Waals surface area contributed by atoms with Crippen LogP contribution in [0.25, 0.3) is 28.1 Å². The van der Waals surface area contributed by atoms with Crippen LogP contribution in [-0.2, 0) is 6.42 Å². The maximum absolute atomic E-state index is 14.2. The molecular weight excluding hydrogens is 445 g/mol. The molecule has 178 valence electrons. The molecule has 0 saturated carbocycles. The third kappa shape index (κ3) is 4.24. The molecule has 4 aromatic rings. The Kier molecular flexibility index (Phi) is 5.54. The van der Waals surface area contributed by atoms with E-state index in [1.165, 1.54) is 17.2 Å². The highest BCUT2D eigenvalue weighted by molar-refractivity contribution is 5.81. The fourth-order valence-electron chi connectivity index (χ4n) is 4.66. The minimum atomic E-state index is -4.47. The van der Waals surface area contributed by atoms with Gasteiger partial charge in [-0.25, -0.2) is 4.98 Å². The van der Waals surface area contributed by atoms with Gasteiger partial charge in [-0.1, -0.05) is 24.3 Å². The number of nitrogens with two attached hydrogens (primary N) is 1. The summed E-state index contributed by atoms with van der Waals surface area (Å²) in [5, 5.41) is 18.5. The van der Waals surface area contributed by atoms with Crippen molar-refractivity contribution in [2.24, 2.45) is 5.73 Å². The number of halogens is 3. The van der Waals surface area contributed by atoms with E-state index in [0.717, 1.165) is 10.9 Å². The van der Waals surface area contributed by atoms with E-state index in [1.54, 1.807) is 23.5 Å². The largest absolute Gasteiger partial charge is 0.408 e. The van der Waals surface area contributed by atoms with Crippen LogP contribution in [-0.4, -0.2) is 61.0 Å². The second kappa shape index (κ2) is 8.30. The number of likely N-dealkylation sites (tertiary alicyclic amines) is 1. The number of aliphatic hydroxyl groups excluding tert-OH is 1. The number of aliphatic hydroxyl groups is 1. The topological polar surface area (TPSA) is 92.6 Å². The van der Waals surface area contributed by atoms with Crippen LogP contribution in [0.2, 0.25) is 0 Å². The van der Waals surface area contributed by atoms with Crippen LogP contribution in [0.15, 0.2) is 48.7 Å². The molecule has 7 nitrogen and oxygen atoms in total. The average molecular weight is 470 g/mol. The first-order chi connectivity index (χ1) is 16.1. The first-order valence-corrected chi connectivity index (χ1v) is 11.1. The molecule has 0 amide bonds. The molecule has 10 heteroatoms. The number of alkyl halides is 3. The van der Waals surface area contributed by atoms with E-state index in [-0.39, 0.29) is 25.3 Å². The van der Waals surface area contributed by atoms with Crippen molar-refractivity contribution < 1.29 is 18.3 Å². The fourth-order valence-corrected chi connectivity index (χ4v) is 4.66. The zero-order chi connectivity index (χ0) is 24.1. The van der Waals surface area contributed by atoms with E-state index in [2.05, 4.69) is 15.2 Å². The van der Waals surface area contributed by atoms with E-state index in [0.29, 0.717) is 35.5 Å². The van der Waals surface area contributed by atoms with Gasteiger partial charge in [0.25, 0.3) is 0 Å². The van der Waals surface area contributed by atoms with Gasteiger partial charge in [-0.15, -0.1) is 10.2 Å². The summed E-state index contributed by atoms with van der Waals surface area (Å²) >= 11 is 0. The zero-order valence-corrected chi connectivity index (χ0v) is 18.6. The van der Waals surface area contributed by atoms with Crippen molar-refractivity contribution >= 4 is 16.6 Å². The molecule has 1 saturated heterocycles. The van der Waals surface area contributed by atoms with Crippen molar-refractivity contribution in [2.75, 3.05) is 19.7 Å². The van der Waals surface area contributed by atoms with Crippen LogP contribution in [0.5, 0.6) is 0 Å². The quantitative estimate of drug-likeness (QED) is 0.464. The fraction of sp³-hybridized carbons (Fsp3) is 0.375. The van der Waals surface area contributed by atoms with Gasteiger partial charge in [0.15, 0.2) is 11.5 Å². The molecule has 0 radical (unpaired) electrons. The van der Waals surface area contributed by atoms with E-state index in [9.17, 15) is 18.3 Å². The lowest BCUT2D eigenvalue weighted by molar-refractivity contribution is -0.184. The first-order valence-electron chi connectivity index (χ1n) is 11.1. The Morgan fingerprint density at radius 2 is 1.94 bits per heavy atom. The number of fused-ring (bicyclic) bond motifs is 2. The molecule has 1 aliphatic heterocycles. The van der Waals surface area contributed by atoms with Gasteiger partial charge in [-0.3, -0.25) is 9.30 Å². The van der Waals surface area contributed by atoms with Gasteiger partial charge in [0.05, 0.1) is 5.52 Å². The van der Waals surface area contributed by atoms with Gasteiger partial charge < -0.3 is 10.8 Å². The van der Waals surface area contributed by atoms with Crippen molar-refractivity contribution in [2.45, 2.75) is 37.5 Å². The Morgan fingerprint density at radius 1 is 1.15 bits per heavy atom. The van der Waals surface area contributed by atoms with Crippen molar-refractivity contribution in [3.05, 3.63) is 59.8 Å². The van der Waals surface area contributed by atoms with Gasteiger partial charge in [-0.2, -0.15) is 13.2 Å². The Balaban J connectivity index is 1.58. The molecule has 0 aliphatic carbocycles. The van der Waals surface area contributed by atoms with Gasteiger partial charge in [0.2, 0.25) is 0 Å². The summed E-state index contributed by atoms with van der Waals surface area (Å²) in [7, 11) is 0.